The molecule has 1 heterocycles. The zero-order chi connectivity index (χ0) is 14.5. The van der Waals surface area contributed by atoms with Crippen molar-refractivity contribution < 1.29 is 4.79 Å². The molecule has 0 radical (unpaired) electrons. The highest BCUT2D eigenvalue weighted by Crippen LogP contribution is 2.24. The molecule has 0 saturated carbocycles. The number of nitrogens with zero attached hydrogens (tertiary/aromatic N) is 1. The molecule has 20 heavy (non-hydrogen) atoms. The first-order valence-corrected chi connectivity index (χ1v) is 9.16. The summed E-state index contributed by atoms with van der Waals surface area (Å²) >= 11 is 5.15. The summed E-state index contributed by atoms with van der Waals surface area (Å²) in [6.45, 7) is 4.35. The van der Waals surface area contributed by atoms with Crippen molar-refractivity contribution in [3.63, 3.8) is 0 Å². The van der Waals surface area contributed by atoms with Crippen LogP contribution in [0, 0.1) is 0 Å². The molecule has 2 nitrogen and oxygen atoms in total. The SMILES string of the molecule is CC1CCCC(C)N1C(=O)CSCc1ccc(Br)cc1. The summed E-state index contributed by atoms with van der Waals surface area (Å²) in [4.78, 5) is 14.5. The first-order chi connectivity index (χ1) is 9.58. The summed E-state index contributed by atoms with van der Waals surface area (Å²) in [6, 6.07) is 9.11. The van der Waals surface area contributed by atoms with Crippen LogP contribution in [0.1, 0.15) is 38.7 Å². The third kappa shape index (κ3) is 4.26. The molecule has 0 aromatic heterocycles. The maximum Gasteiger partial charge on any atom is 0.233 e. The molecule has 4 heteroatoms. The van der Waals surface area contributed by atoms with E-state index >= 15 is 0 Å². The highest BCUT2D eigenvalue weighted by molar-refractivity contribution is 9.10. The van der Waals surface area contributed by atoms with E-state index in [2.05, 4.69) is 46.8 Å². The van der Waals surface area contributed by atoms with Crippen LogP contribution in [-0.4, -0.2) is 28.6 Å². The van der Waals surface area contributed by atoms with Gasteiger partial charge in [0.2, 0.25) is 5.91 Å². The fraction of sp³-hybridized carbons (Fsp3) is 0.562. The van der Waals surface area contributed by atoms with Gasteiger partial charge in [0.1, 0.15) is 0 Å². The number of carbonyl (C=O) groups is 1. The van der Waals surface area contributed by atoms with Crippen LogP contribution >= 0.6 is 27.7 Å². The number of hydrogen-bond acceptors (Lipinski definition) is 2. The number of amides is 1. The van der Waals surface area contributed by atoms with Crippen molar-refractivity contribution in [1.29, 1.82) is 0 Å². The van der Waals surface area contributed by atoms with E-state index in [4.69, 9.17) is 0 Å². The molecule has 2 unspecified atom stereocenters. The van der Waals surface area contributed by atoms with Crippen LogP contribution in [0.4, 0.5) is 0 Å². The molecule has 0 spiro atoms. The summed E-state index contributed by atoms with van der Waals surface area (Å²) in [5, 5.41) is 0. The topological polar surface area (TPSA) is 20.3 Å². The molecule has 1 aromatic rings. The standard InChI is InChI=1S/C16H22BrNOS/c1-12-4-3-5-13(2)18(12)16(19)11-20-10-14-6-8-15(17)9-7-14/h6-9,12-13H,3-5,10-11H2,1-2H3. The summed E-state index contributed by atoms with van der Waals surface area (Å²) in [7, 11) is 0. The number of rotatable bonds is 4. The number of carbonyl (C=O) groups excluding carboxylic acids is 1. The quantitative estimate of drug-likeness (QED) is 0.793. The monoisotopic (exact) mass is 355 g/mol. The fourth-order valence-electron chi connectivity index (χ4n) is 2.82. The maximum atomic E-state index is 12.4. The Morgan fingerprint density at radius 2 is 1.85 bits per heavy atom. The molecule has 110 valence electrons. The van der Waals surface area contributed by atoms with Gasteiger partial charge in [-0.2, -0.15) is 0 Å². The van der Waals surface area contributed by atoms with Gasteiger partial charge in [-0.15, -0.1) is 11.8 Å². The van der Waals surface area contributed by atoms with E-state index in [1.807, 2.05) is 12.1 Å². The number of thioether (sulfide) groups is 1. The van der Waals surface area contributed by atoms with Crippen LogP contribution in [0.15, 0.2) is 28.7 Å². The second-order valence-electron chi connectivity index (χ2n) is 5.55. The molecule has 0 N–H and O–H groups in total. The number of benzene rings is 1. The molecule has 1 aliphatic heterocycles. The van der Waals surface area contributed by atoms with Gasteiger partial charge in [-0.25, -0.2) is 0 Å². The molecule has 1 aromatic carbocycles. The molecule has 1 saturated heterocycles. The molecule has 1 amide bonds. The molecule has 1 aliphatic rings. The minimum Gasteiger partial charge on any atom is -0.337 e. The Morgan fingerprint density at radius 3 is 2.45 bits per heavy atom. The van der Waals surface area contributed by atoms with Crippen LogP contribution in [0.2, 0.25) is 0 Å². The van der Waals surface area contributed by atoms with Crippen molar-refractivity contribution >= 4 is 33.6 Å². The van der Waals surface area contributed by atoms with E-state index in [1.54, 1.807) is 11.8 Å². The average Bonchev–Trinajstić information content (AvgIpc) is 2.41. The van der Waals surface area contributed by atoms with Gasteiger partial charge in [-0.3, -0.25) is 4.79 Å². The van der Waals surface area contributed by atoms with Gasteiger partial charge in [-0.1, -0.05) is 28.1 Å². The number of likely N-dealkylation sites (tertiary alicyclic amines) is 1. The lowest BCUT2D eigenvalue weighted by Gasteiger charge is -2.39. The van der Waals surface area contributed by atoms with Crippen molar-refractivity contribution in [1.82, 2.24) is 4.90 Å². The van der Waals surface area contributed by atoms with Crippen molar-refractivity contribution in [2.45, 2.75) is 50.9 Å². The molecular formula is C16H22BrNOS. The zero-order valence-corrected chi connectivity index (χ0v) is 14.5. The van der Waals surface area contributed by atoms with E-state index in [9.17, 15) is 4.79 Å². The summed E-state index contributed by atoms with van der Waals surface area (Å²) in [5.74, 6) is 1.78. The van der Waals surface area contributed by atoms with Gasteiger partial charge >= 0.3 is 0 Å². The lowest BCUT2D eigenvalue weighted by Crippen LogP contribution is -2.48. The van der Waals surface area contributed by atoms with Crippen LogP contribution in [0.5, 0.6) is 0 Å². The second kappa shape index (κ2) is 7.51. The Hall–Kier alpha value is -0.480. The number of hydrogen-bond donors (Lipinski definition) is 0. The molecule has 2 atom stereocenters. The van der Waals surface area contributed by atoms with Gasteiger partial charge < -0.3 is 4.90 Å². The van der Waals surface area contributed by atoms with Crippen LogP contribution in [0.3, 0.4) is 0 Å². The van der Waals surface area contributed by atoms with Crippen LogP contribution in [-0.2, 0) is 10.5 Å². The predicted octanol–water partition coefficient (Wildman–Crippen LogP) is 4.47. The smallest absolute Gasteiger partial charge is 0.233 e. The van der Waals surface area contributed by atoms with Crippen molar-refractivity contribution in [3.8, 4) is 0 Å². The van der Waals surface area contributed by atoms with Crippen molar-refractivity contribution in [2.75, 3.05) is 5.75 Å². The summed E-state index contributed by atoms with van der Waals surface area (Å²) in [5.41, 5.74) is 1.27. The third-order valence-corrected chi connectivity index (χ3v) is 5.41. The van der Waals surface area contributed by atoms with Gasteiger partial charge in [0.25, 0.3) is 0 Å². The normalized spacial score (nSPS) is 22.9. The number of halogens is 1. The Bertz CT molecular complexity index is 438. The molecular weight excluding hydrogens is 334 g/mol. The lowest BCUT2D eigenvalue weighted by molar-refractivity contribution is -0.134. The van der Waals surface area contributed by atoms with Gasteiger partial charge in [-0.05, 0) is 50.8 Å². The Morgan fingerprint density at radius 1 is 1.25 bits per heavy atom. The van der Waals surface area contributed by atoms with E-state index in [-0.39, 0.29) is 0 Å². The summed E-state index contributed by atoms with van der Waals surface area (Å²) < 4.78 is 1.10. The van der Waals surface area contributed by atoms with Crippen LogP contribution < -0.4 is 0 Å². The molecule has 0 aliphatic carbocycles. The molecule has 0 bridgehead atoms. The highest BCUT2D eigenvalue weighted by atomic mass is 79.9. The lowest BCUT2D eigenvalue weighted by atomic mass is 9.98. The minimum absolute atomic E-state index is 0.298. The van der Waals surface area contributed by atoms with Crippen molar-refractivity contribution in [2.24, 2.45) is 0 Å². The van der Waals surface area contributed by atoms with E-state index in [1.165, 1.54) is 12.0 Å². The van der Waals surface area contributed by atoms with E-state index in [0.717, 1.165) is 23.1 Å². The average molecular weight is 356 g/mol. The Kier molecular flexibility index (Phi) is 5.97. The van der Waals surface area contributed by atoms with Gasteiger partial charge in [0, 0.05) is 22.3 Å². The fourth-order valence-corrected chi connectivity index (χ4v) is 3.94. The Labute approximate surface area is 134 Å². The molecule has 1 fully saturated rings. The first-order valence-electron chi connectivity index (χ1n) is 7.21. The summed E-state index contributed by atoms with van der Waals surface area (Å²) in [6.07, 6.45) is 3.54. The van der Waals surface area contributed by atoms with Gasteiger partial charge in [0.15, 0.2) is 0 Å². The maximum absolute atomic E-state index is 12.4. The first kappa shape index (κ1) is 15.9. The van der Waals surface area contributed by atoms with E-state index < -0.39 is 0 Å². The third-order valence-electron chi connectivity index (χ3n) is 3.89. The van der Waals surface area contributed by atoms with E-state index in [0.29, 0.717) is 23.7 Å². The minimum atomic E-state index is 0.298. The second-order valence-corrected chi connectivity index (χ2v) is 7.45. The Balaban J connectivity index is 1.81. The highest BCUT2D eigenvalue weighted by Gasteiger charge is 2.28. The predicted molar refractivity (Wildman–Crippen MR) is 89.9 cm³/mol. The van der Waals surface area contributed by atoms with Crippen molar-refractivity contribution in [3.05, 3.63) is 34.3 Å². The van der Waals surface area contributed by atoms with Gasteiger partial charge in [0.05, 0.1) is 5.75 Å². The zero-order valence-electron chi connectivity index (χ0n) is 12.1. The number of piperidine rings is 1. The van der Waals surface area contributed by atoms with Crippen LogP contribution in [0.25, 0.3) is 0 Å². The molecule has 2 rings (SSSR count). The largest absolute Gasteiger partial charge is 0.337 e.